The lowest BCUT2D eigenvalue weighted by molar-refractivity contribution is 0.104. The molecular weight excluding hydrogens is 268 g/mol. The van der Waals surface area contributed by atoms with E-state index in [1.165, 1.54) is 0 Å². The van der Waals surface area contributed by atoms with Gasteiger partial charge in [-0.1, -0.05) is 0 Å². The molecule has 1 unspecified atom stereocenters. The van der Waals surface area contributed by atoms with Gasteiger partial charge in [0.05, 0.1) is 6.10 Å². The number of ether oxygens (including phenoxy) is 1. The Morgan fingerprint density at radius 1 is 1.32 bits per heavy atom. The molecule has 2 aliphatic rings. The summed E-state index contributed by atoms with van der Waals surface area (Å²) in [5, 5.41) is 12.8. The summed E-state index contributed by atoms with van der Waals surface area (Å²) in [6.07, 6.45) is 5.91. The van der Waals surface area contributed by atoms with Gasteiger partial charge in [0.25, 0.3) is 15.2 Å². The predicted molar refractivity (Wildman–Crippen MR) is 67.0 cm³/mol. The second-order valence-corrected chi connectivity index (χ2v) is 6.67. The molecule has 19 heavy (non-hydrogen) atoms. The molecule has 1 aromatic rings. The third-order valence-corrected chi connectivity index (χ3v) is 4.40. The van der Waals surface area contributed by atoms with Gasteiger partial charge >= 0.3 is 0 Å². The van der Waals surface area contributed by atoms with Crippen LogP contribution in [0.2, 0.25) is 0 Å². The molecule has 0 radical (unpaired) electrons. The lowest BCUT2D eigenvalue weighted by Crippen LogP contribution is -2.19. The Kier molecular flexibility index (Phi) is 3.32. The Morgan fingerprint density at radius 2 is 2.11 bits per heavy atom. The summed E-state index contributed by atoms with van der Waals surface area (Å²) >= 11 is 0. The van der Waals surface area contributed by atoms with Gasteiger partial charge in [-0.05, 0) is 32.1 Å². The van der Waals surface area contributed by atoms with E-state index < -0.39 is 10.0 Å². The molecule has 2 fully saturated rings. The zero-order valence-corrected chi connectivity index (χ0v) is 11.5. The average Bonchev–Trinajstić information content (AvgIpc) is 2.90. The fourth-order valence-corrected chi connectivity index (χ4v) is 3.22. The Morgan fingerprint density at radius 3 is 2.68 bits per heavy atom. The number of rotatable bonds is 5. The molecular formula is C11H18N4O3S. The van der Waals surface area contributed by atoms with Gasteiger partial charge in [-0.3, -0.25) is 4.57 Å². The SMILES string of the molecule is NS(=O)(=O)c1nnc(CCC2CCCO2)n1C1CC1. The molecule has 1 saturated carbocycles. The number of nitrogens with zero attached hydrogens (tertiary/aromatic N) is 3. The van der Waals surface area contributed by atoms with E-state index in [0.29, 0.717) is 12.2 Å². The number of hydrogen-bond acceptors (Lipinski definition) is 5. The van der Waals surface area contributed by atoms with Crippen molar-refractivity contribution in [3.63, 3.8) is 0 Å². The maximum absolute atomic E-state index is 11.5. The molecule has 1 aliphatic carbocycles. The van der Waals surface area contributed by atoms with E-state index in [1.54, 1.807) is 4.57 Å². The Bertz CT molecular complexity index is 558. The van der Waals surface area contributed by atoms with Crippen LogP contribution in [0, 0.1) is 0 Å². The van der Waals surface area contributed by atoms with Gasteiger partial charge in [0.2, 0.25) is 0 Å². The van der Waals surface area contributed by atoms with Gasteiger partial charge in [-0.2, -0.15) is 0 Å². The van der Waals surface area contributed by atoms with Crippen molar-refractivity contribution in [3.05, 3.63) is 5.82 Å². The van der Waals surface area contributed by atoms with E-state index in [9.17, 15) is 8.42 Å². The first-order valence-electron chi connectivity index (χ1n) is 6.64. The lowest BCUT2D eigenvalue weighted by Gasteiger charge is -2.10. The first kappa shape index (κ1) is 13.0. The van der Waals surface area contributed by atoms with Crippen LogP contribution in [0.25, 0.3) is 0 Å². The van der Waals surface area contributed by atoms with Gasteiger partial charge < -0.3 is 4.74 Å². The summed E-state index contributed by atoms with van der Waals surface area (Å²) in [6.45, 7) is 0.822. The van der Waals surface area contributed by atoms with Crippen LogP contribution in [0.1, 0.15) is 44.0 Å². The standard InChI is InChI=1S/C11H18N4O3S/c12-19(16,17)11-14-13-10(15(11)8-3-4-8)6-5-9-2-1-7-18-9/h8-9H,1-7H2,(H2,12,16,17). The number of aromatic nitrogens is 3. The number of hydrogen-bond donors (Lipinski definition) is 1. The van der Waals surface area contributed by atoms with Crippen molar-refractivity contribution < 1.29 is 13.2 Å². The lowest BCUT2D eigenvalue weighted by atomic mass is 10.1. The Hall–Kier alpha value is -0.990. The van der Waals surface area contributed by atoms with Gasteiger partial charge in [0.1, 0.15) is 5.82 Å². The van der Waals surface area contributed by atoms with Gasteiger partial charge in [0, 0.05) is 19.1 Å². The summed E-state index contributed by atoms with van der Waals surface area (Å²) in [5.41, 5.74) is 0. The normalized spacial score (nSPS) is 23.9. The highest BCUT2D eigenvalue weighted by molar-refractivity contribution is 7.89. The minimum Gasteiger partial charge on any atom is -0.378 e. The number of nitrogens with two attached hydrogens (primary N) is 1. The van der Waals surface area contributed by atoms with Crippen molar-refractivity contribution in [2.24, 2.45) is 5.14 Å². The van der Waals surface area contributed by atoms with Gasteiger partial charge in [0.15, 0.2) is 0 Å². The Balaban J connectivity index is 1.79. The van der Waals surface area contributed by atoms with Crippen LogP contribution in [0.4, 0.5) is 0 Å². The molecule has 1 aliphatic heterocycles. The molecule has 1 saturated heterocycles. The monoisotopic (exact) mass is 286 g/mol. The summed E-state index contributed by atoms with van der Waals surface area (Å²) in [6, 6.07) is 0.197. The minimum atomic E-state index is -3.80. The fraction of sp³-hybridized carbons (Fsp3) is 0.818. The molecule has 8 heteroatoms. The van der Waals surface area contributed by atoms with Crippen LogP contribution in [0.3, 0.4) is 0 Å². The van der Waals surface area contributed by atoms with E-state index in [-0.39, 0.29) is 17.3 Å². The van der Waals surface area contributed by atoms with E-state index >= 15 is 0 Å². The van der Waals surface area contributed by atoms with Crippen LogP contribution in [0.15, 0.2) is 5.16 Å². The van der Waals surface area contributed by atoms with Crippen molar-refractivity contribution in [2.75, 3.05) is 6.61 Å². The molecule has 106 valence electrons. The smallest absolute Gasteiger partial charge is 0.273 e. The highest BCUT2D eigenvalue weighted by Gasteiger charge is 2.33. The summed E-state index contributed by atoms with van der Waals surface area (Å²) in [4.78, 5) is 0. The predicted octanol–water partition coefficient (Wildman–Crippen LogP) is 0.372. The topological polar surface area (TPSA) is 100 Å². The molecule has 7 nitrogen and oxygen atoms in total. The van der Waals surface area contributed by atoms with Crippen LogP contribution in [0.5, 0.6) is 0 Å². The zero-order chi connectivity index (χ0) is 13.5. The van der Waals surface area contributed by atoms with E-state index in [0.717, 1.165) is 38.7 Å². The summed E-state index contributed by atoms with van der Waals surface area (Å²) in [5.74, 6) is 0.710. The largest absolute Gasteiger partial charge is 0.378 e. The molecule has 0 spiro atoms. The molecule has 2 heterocycles. The highest BCUT2D eigenvalue weighted by Crippen LogP contribution is 2.37. The third-order valence-electron chi connectivity index (χ3n) is 3.62. The molecule has 0 amide bonds. The second kappa shape index (κ2) is 4.84. The third kappa shape index (κ3) is 2.80. The minimum absolute atomic E-state index is 0.0997. The van der Waals surface area contributed by atoms with Crippen LogP contribution in [-0.4, -0.2) is 35.9 Å². The van der Waals surface area contributed by atoms with Crippen LogP contribution >= 0.6 is 0 Å². The van der Waals surface area contributed by atoms with E-state index in [4.69, 9.17) is 9.88 Å². The van der Waals surface area contributed by atoms with Crippen molar-refractivity contribution in [1.29, 1.82) is 0 Å². The molecule has 0 bridgehead atoms. The summed E-state index contributed by atoms with van der Waals surface area (Å²) in [7, 11) is -3.80. The quantitative estimate of drug-likeness (QED) is 0.843. The number of primary sulfonamides is 1. The van der Waals surface area contributed by atoms with Gasteiger partial charge in [-0.25, -0.2) is 13.6 Å². The number of aryl methyl sites for hydroxylation is 1. The fourth-order valence-electron chi connectivity index (χ4n) is 2.53. The van der Waals surface area contributed by atoms with Crippen molar-refractivity contribution in [1.82, 2.24) is 14.8 Å². The molecule has 1 aromatic heterocycles. The first-order valence-corrected chi connectivity index (χ1v) is 8.18. The molecule has 1 atom stereocenters. The van der Waals surface area contributed by atoms with E-state index in [1.807, 2.05) is 0 Å². The second-order valence-electron chi connectivity index (χ2n) is 5.22. The molecule has 2 N–H and O–H groups in total. The van der Waals surface area contributed by atoms with Crippen LogP contribution < -0.4 is 5.14 Å². The van der Waals surface area contributed by atoms with Crippen LogP contribution in [-0.2, 0) is 21.2 Å². The van der Waals surface area contributed by atoms with Crippen molar-refractivity contribution >= 4 is 10.0 Å². The van der Waals surface area contributed by atoms with Crippen molar-refractivity contribution in [3.8, 4) is 0 Å². The first-order chi connectivity index (χ1) is 9.05. The average molecular weight is 286 g/mol. The highest BCUT2D eigenvalue weighted by atomic mass is 32.2. The maximum Gasteiger partial charge on any atom is 0.273 e. The molecule has 3 rings (SSSR count). The number of sulfonamides is 1. The zero-order valence-electron chi connectivity index (χ0n) is 10.7. The van der Waals surface area contributed by atoms with Crippen molar-refractivity contribution in [2.45, 2.75) is 55.8 Å². The van der Waals surface area contributed by atoms with E-state index in [2.05, 4.69) is 10.2 Å². The maximum atomic E-state index is 11.5. The van der Waals surface area contributed by atoms with Gasteiger partial charge in [-0.15, -0.1) is 10.2 Å². The Labute approximate surface area is 112 Å². The molecule has 0 aromatic carbocycles. The summed E-state index contributed by atoms with van der Waals surface area (Å²) < 4.78 is 30.2.